The van der Waals surface area contributed by atoms with Gasteiger partial charge in [-0.1, -0.05) is 6.92 Å². The second-order valence-electron chi connectivity index (χ2n) is 5.43. The standard InChI is InChI=1S/C12H20N2O2.H3N/c1-9-8-14(6-5-10(9)7-13)11(15)16-12(2,3)4;/h9-10H,5-6,8H2,1-4H3;1H3/t9-,10+;/m1./s1. The van der Waals surface area contributed by atoms with Gasteiger partial charge >= 0.3 is 6.09 Å². The van der Waals surface area contributed by atoms with Gasteiger partial charge in [0.15, 0.2) is 0 Å². The van der Waals surface area contributed by atoms with Crippen LogP contribution in [0.4, 0.5) is 4.79 Å². The lowest BCUT2D eigenvalue weighted by Crippen LogP contribution is -2.44. The third-order valence-corrected chi connectivity index (χ3v) is 2.72. The molecule has 0 spiro atoms. The van der Waals surface area contributed by atoms with Crippen LogP contribution in [0.1, 0.15) is 34.1 Å². The van der Waals surface area contributed by atoms with Crippen LogP contribution in [0.3, 0.4) is 0 Å². The summed E-state index contributed by atoms with van der Waals surface area (Å²) in [5.74, 6) is 0.296. The minimum Gasteiger partial charge on any atom is -0.444 e. The van der Waals surface area contributed by atoms with Crippen LogP contribution in [0.5, 0.6) is 0 Å². The van der Waals surface area contributed by atoms with Crippen LogP contribution >= 0.6 is 0 Å². The monoisotopic (exact) mass is 241 g/mol. The molecule has 0 radical (unpaired) electrons. The van der Waals surface area contributed by atoms with Gasteiger partial charge in [-0.2, -0.15) is 5.26 Å². The van der Waals surface area contributed by atoms with E-state index in [9.17, 15) is 4.79 Å². The van der Waals surface area contributed by atoms with Gasteiger partial charge in [0.25, 0.3) is 0 Å². The Hall–Kier alpha value is -1.28. The van der Waals surface area contributed by atoms with Crippen LogP contribution in [0.25, 0.3) is 0 Å². The molecule has 1 fully saturated rings. The highest BCUT2D eigenvalue weighted by atomic mass is 16.6. The van der Waals surface area contributed by atoms with E-state index in [1.54, 1.807) is 4.90 Å². The number of hydrogen-bond acceptors (Lipinski definition) is 4. The number of rotatable bonds is 0. The Morgan fingerprint density at radius 3 is 2.47 bits per heavy atom. The van der Waals surface area contributed by atoms with E-state index in [2.05, 4.69) is 6.07 Å². The first kappa shape index (κ1) is 15.7. The van der Waals surface area contributed by atoms with Crippen molar-refractivity contribution in [2.75, 3.05) is 13.1 Å². The molecule has 0 saturated carbocycles. The highest BCUT2D eigenvalue weighted by molar-refractivity contribution is 5.68. The molecule has 1 aliphatic heterocycles. The van der Waals surface area contributed by atoms with Crippen molar-refractivity contribution in [1.29, 1.82) is 5.26 Å². The molecule has 3 N–H and O–H groups in total. The summed E-state index contributed by atoms with van der Waals surface area (Å²) in [5, 5.41) is 8.89. The van der Waals surface area contributed by atoms with Gasteiger partial charge in [-0.25, -0.2) is 4.79 Å². The van der Waals surface area contributed by atoms with E-state index in [4.69, 9.17) is 10.00 Å². The van der Waals surface area contributed by atoms with E-state index in [1.165, 1.54) is 0 Å². The van der Waals surface area contributed by atoms with Crippen LogP contribution in [0.15, 0.2) is 0 Å². The van der Waals surface area contributed by atoms with Gasteiger partial charge in [0, 0.05) is 13.1 Å². The molecule has 5 heteroatoms. The maximum atomic E-state index is 11.8. The fourth-order valence-electron chi connectivity index (χ4n) is 1.83. The number of nitriles is 1. The number of likely N-dealkylation sites (tertiary alicyclic amines) is 1. The molecule has 1 saturated heterocycles. The Balaban J connectivity index is 0.00000256. The van der Waals surface area contributed by atoms with E-state index in [0.717, 1.165) is 6.42 Å². The normalized spacial score (nSPS) is 24.5. The number of piperidine rings is 1. The molecule has 0 bridgehead atoms. The maximum Gasteiger partial charge on any atom is 0.410 e. The number of nitrogens with zero attached hydrogens (tertiary/aromatic N) is 2. The highest BCUT2D eigenvalue weighted by Crippen LogP contribution is 2.23. The average Bonchev–Trinajstić information content (AvgIpc) is 2.15. The Morgan fingerprint density at radius 1 is 1.47 bits per heavy atom. The molecule has 98 valence electrons. The van der Waals surface area contributed by atoms with E-state index in [-0.39, 0.29) is 24.1 Å². The smallest absolute Gasteiger partial charge is 0.410 e. The van der Waals surface area contributed by atoms with Crippen molar-refractivity contribution in [2.45, 2.75) is 39.7 Å². The van der Waals surface area contributed by atoms with Crippen LogP contribution in [-0.4, -0.2) is 29.7 Å². The van der Waals surface area contributed by atoms with Crippen LogP contribution < -0.4 is 6.15 Å². The van der Waals surface area contributed by atoms with Gasteiger partial charge in [0.2, 0.25) is 0 Å². The molecule has 0 aromatic carbocycles. The van der Waals surface area contributed by atoms with Gasteiger partial charge in [0.05, 0.1) is 12.0 Å². The largest absolute Gasteiger partial charge is 0.444 e. The molecule has 1 rings (SSSR count). The summed E-state index contributed by atoms with van der Waals surface area (Å²) in [7, 11) is 0. The number of carbonyl (C=O) groups excluding carboxylic acids is 1. The molecule has 5 nitrogen and oxygen atoms in total. The first-order chi connectivity index (χ1) is 7.33. The van der Waals surface area contributed by atoms with E-state index >= 15 is 0 Å². The topological polar surface area (TPSA) is 88.3 Å². The third kappa shape index (κ3) is 4.61. The molecule has 0 unspecified atom stereocenters. The third-order valence-electron chi connectivity index (χ3n) is 2.72. The van der Waals surface area contributed by atoms with Crippen molar-refractivity contribution < 1.29 is 9.53 Å². The molecule has 1 heterocycles. The van der Waals surface area contributed by atoms with Crippen LogP contribution in [-0.2, 0) is 4.74 Å². The summed E-state index contributed by atoms with van der Waals surface area (Å²) >= 11 is 0. The number of hydrogen-bond donors (Lipinski definition) is 1. The number of carbonyl (C=O) groups is 1. The first-order valence-electron chi connectivity index (χ1n) is 5.71. The summed E-state index contributed by atoms with van der Waals surface area (Å²) in [5.41, 5.74) is -0.452. The van der Waals surface area contributed by atoms with E-state index in [1.807, 2.05) is 27.7 Å². The highest BCUT2D eigenvalue weighted by Gasteiger charge is 2.30. The van der Waals surface area contributed by atoms with Gasteiger partial charge in [-0.05, 0) is 33.1 Å². The number of ether oxygens (including phenoxy) is 1. The zero-order valence-corrected chi connectivity index (χ0v) is 11.2. The van der Waals surface area contributed by atoms with Crippen molar-refractivity contribution in [3.05, 3.63) is 0 Å². The SMILES string of the molecule is C[C@@H]1CN(C(=O)OC(C)(C)C)CC[C@H]1C#N.N. The summed E-state index contributed by atoms with van der Waals surface area (Å²) < 4.78 is 5.30. The predicted octanol–water partition coefficient (Wildman–Crippen LogP) is 2.57. The Kier molecular flexibility index (Phi) is 5.43. The summed E-state index contributed by atoms with van der Waals surface area (Å²) in [6.07, 6.45) is 0.479. The lowest BCUT2D eigenvalue weighted by Gasteiger charge is -2.34. The van der Waals surface area contributed by atoms with Crippen molar-refractivity contribution in [1.82, 2.24) is 11.1 Å². The fraction of sp³-hybridized carbons (Fsp3) is 0.833. The summed E-state index contributed by atoms with van der Waals surface area (Å²) in [6, 6.07) is 2.28. The van der Waals surface area contributed by atoms with Crippen molar-refractivity contribution in [3.63, 3.8) is 0 Å². The van der Waals surface area contributed by atoms with Crippen molar-refractivity contribution >= 4 is 6.09 Å². The van der Waals surface area contributed by atoms with Gasteiger partial charge < -0.3 is 15.8 Å². The fourth-order valence-corrected chi connectivity index (χ4v) is 1.83. The van der Waals surface area contributed by atoms with Crippen molar-refractivity contribution in [3.8, 4) is 6.07 Å². The summed E-state index contributed by atoms with van der Waals surface area (Å²) in [4.78, 5) is 13.5. The second kappa shape index (κ2) is 5.87. The minimum atomic E-state index is -0.452. The molecule has 17 heavy (non-hydrogen) atoms. The zero-order chi connectivity index (χ0) is 12.3. The van der Waals surface area contributed by atoms with Crippen LogP contribution in [0.2, 0.25) is 0 Å². The Bertz CT molecular complexity index is 304. The zero-order valence-electron chi connectivity index (χ0n) is 11.2. The minimum absolute atomic E-state index is 0. The number of amides is 1. The van der Waals surface area contributed by atoms with Crippen molar-refractivity contribution in [2.24, 2.45) is 11.8 Å². The molecule has 1 aliphatic rings. The lowest BCUT2D eigenvalue weighted by atomic mass is 9.88. The maximum absolute atomic E-state index is 11.8. The Labute approximate surface area is 103 Å². The quantitative estimate of drug-likeness (QED) is 0.705. The molecule has 0 aliphatic carbocycles. The van der Waals surface area contributed by atoms with E-state index in [0.29, 0.717) is 13.1 Å². The molecule has 1 amide bonds. The second-order valence-corrected chi connectivity index (χ2v) is 5.43. The average molecular weight is 241 g/mol. The van der Waals surface area contributed by atoms with Gasteiger partial charge in [-0.15, -0.1) is 0 Å². The van der Waals surface area contributed by atoms with E-state index < -0.39 is 5.60 Å². The lowest BCUT2D eigenvalue weighted by molar-refractivity contribution is 0.0145. The first-order valence-corrected chi connectivity index (χ1v) is 5.71. The van der Waals surface area contributed by atoms with Gasteiger partial charge in [-0.3, -0.25) is 0 Å². The van der Waals surface area contributed by atoms with Gasteiger partial charge in [0.1, 0.15) is 5.60 Å². The molecular weight excluding hydrogens is 218 g/mol. The predicted molar refractivity (Wildman–Crippen MR) is 65.7 cm³/mol. The molecular formula is C12H23N3O2. The van der Waals surface area contributed by atoms with Crippen LogP contribution in [0, 0.1) is 23.2 Å². The molecule has 0 aromatic heterocycles. The Morgan fingerprint density at radius 2 is 2.06 bits per heavy atom. The molecule has 0 aromatic rings. The molecule has 2 atom stereocenters. The summed E-state index contributed by atoms with van der Waals surface area (Å²) in [6.45, 7) is 8.82.